The predicted molar refractivity (Wildman–Crippen MR) is 190 cm³/mol. The number of unbranched alkanes of at least 4 members (excludes halogenated alkanes) is 14. The van der Waals surface area contributed by atoms with Crippen molar-refractivity contribution in [3.63, 3.8) is 0 Å². The molecule has 0 fully saturated rings. The molecule has 0 N–H and O–H groups in total. The third kappa shape index (κ3) is 34.4. The van der Waals surface area contributed by atoms with Gasteiger partial charge in [0.25, 0.3) is 0 Å². The van der Waals surface area contributed by atoms with Crippen LogP contribution in [-0.2, 0) is 7.56 Å². The van der Waals surface area contributed by atoms with Crippen LogP contribution in [0.3, 0.4) is 0 Å². The Morgan fingerprint density at radius 2 is 0.547 bits per heavy atom. The summed E-state index contributed by atoms with van der Waals surface area (Å²) in [6.07, 6.45) is -11.0. The van der Waals surface area contributed by atoms with E-state index in [9.17, 15) is 52.7 Å². The van der Waals surface area contributed by atoms with Crippen molar-refractivity contribution >= 4 is 38.4 Å². The molecule has 0 aromatic carbocycles. The second-order valence-electron chi connectivity index (χ2n) is 14.4. The van der Waals surface area contributed by atoms with Gasteiger partial charge in [0.1, 0.15) is 0 Å². The minimum atomic E-state index is -5.13. The number of rotatable bonds is 34. The first-order valence-electron chi connectivity index (χ1n) is 19.9. The molecule has 0 saturated heterocycles. The van der Waals surface area contributed by atoms with Gasteiger partial charge in [-0.25, -0.2) is 0 Å². The molecule has 320 valence electrons. The topological polar surface area (TPSA) is 27.7 Å². The Balaban J connectivity index is 6.50. The summed E-state index contributed by atoms with van der Waals surface area (Å²) in [5.74, 6) is 0. The van der Waals surface area contributed by atoms with E-state index < -0.39 is 114 Å². The van der Waals surface area contributed by atoms with Crippen LogP contribution in [0, 0.1) is 0 Å². The van der Waals surface area contributed by atoms with Gasteiger partial charge < -0.3 is 0 Å². The normalized spacial score (nSPS) is 13.7. The molecule has 0 radical (unpaired) electrons. The average Bonchev–Trinajstić information content (AvgIpc) is 3.01. The van der Waals surface area contributed by atoms with Gasteiger partial charge in [-0.15, -0.1) is 0 Å². The Labute approximate surface area is 320 Å². The van der Waals surface area contributed by atoms with E-state index in [1.807, 2.05) is 0 Å². The second kappa shape index (κ2) is 28.9. The van der Waals surface area contributed by atoms with E-state index in [0.29, 0.717) is 25.7 Å². The molecule has 0 bridgehead atoms. The van der Waals surface area contributed by atoms with E-state index in [-0.39, 0.29) is 31.0 Å². The Kier molecular flexibility index (Phi) is 29.3. The van der Waals surface area contributed by atoms with E-state index in [4.69, 9.17) is 7.56 Å². The minimum absolute atomic E-state index is 0.00580. The monoisotopic (exact) mass is 1010 g/mol. The van der Waals surface area contributed by atoms with Crippen LogP contribution in [0.1, 0.15) is 168 Å². The second-order valence-corrected chi connectivity index (χ2v) is 36.7. The van der Waals surface area contributed by atoms with E-state index in [1.165, 1.54) is 0 Å². The quantitative estimate of drug-likeness (QED) is 0.0365. The van der Waals surface area contributed by atoms with E-state index in [1.54, 1.807) is 0 Å². The van der Waals surface area contributed by atoms with Crippen LogP contribution >= 0.6 is 0 Å². The van der Waals surface area contributed by atoms with Gasteiger partial charge in [-0.05, 0) is 0 Å². The number of hydrogen-bond donors (Lipinski definition) is 0. The molecule has 0 amide bonds. The summed E-state index contributed by atoms with van der Waals surface area (Å²) in [5, 5.41) is 0. The van der Waals surface area contributed by atoms with Crippen LogP contribution in [0.5, 0.6) is 0 Å². The summed E-state index contributed by atoms with van der Waals surface area (Å²) >= 11 is -10.3. The zero-order valence-corrected chi connectivity index (χ0v) is 37.7. The Morgan fingerprint density at radius 3 is 0.774 bits per heavy atom. The maximum absolute atomic E-state index is 13.4. The molecule has 0 aliphatic rings. The van der Waals surface area contributed by atoms with Gasteiger partial charge in [-0.3, -0.25) is 0 Å². The maximum atomic E-state index is 13.4. The van der Waals surface area contributed by atoms with Crippen molar-refractivity contribution in [3.8, 4) is 0 Å². The molecule has 0 aromatic rings. The molecule has 0 heterocycles. The van der Waals surface area contributed by atoms with Crippen molar-refractivity contribution in [2.45, 2.75) is 210 Å². The third-order valence-corrected chi connectivity index (χ3v) is 42.4. The van der Waals surface area contributed by atoms with Crippen molar-refractivity contribution in [2.24, 2.45) is 0 Å². The van der Waals surface area contributed by atoms with Crippen LogP contribution < -0.4 is 0 Å². The number of alkyl halides is 12. The van der Waals surface area contributed by atoms with Crippen LogP contribution in [-0.4, -0.2) is 76.3 Å². The number of hydrogen-bond acceptors (Lipinski definition) is 3. The number of halogens is 12. The zero-order valence-electron chi connectivity index (χ0n) is 32.0. The van der Waals surface area contributed by atoms with Crippen molar-refractivity contribution in [3.05, 3.63) is 0 Å². The van der Waals surface area contributed by atoms with E-state index in [0.717, 1.165) is 77.0 Å². The molecule has 0 saturated carbocycles. The van der Waals surface area contributed by atoms with Gasteiger partial charge in [0, 0.05) is 0 Å². The summed E-state index contributed by atoms with van der Waals surface area (Å²) < 4.78 is 178. The van der Waals surface area contributed by atoms with Gasteiger partial charge in [-0.2, -0.15) is 0 Å². The Hall–Kier alpha value is 0.637. The molecule has 0 aliphatic carbocycles. The summed E-state index contributed by atoms with van der Waals surface area (Å²) in [5.41, 5.74) is 0. The van der Waals surface area contributed by atoms with E-state index in [2.05, 4.69) is 13.8 Å². The predicted octanol–water partition coefficient (Wildman–Crippen LogP) is 15.6. The fraction of sp³-hybridized carbons (Fsp3) is 1.00. The molecule has 0 aromatic heterocycles. The summed E-state index contributed by atoms with van der Waals surface area (Å²) in [7, 11) is 0. The molecule has 0 aliphatic heterocycles. The van der Waals surface area contributed by atoms with Crippen LogP contribution in [0.15, 0.2) is 0 Å². The van der Waals surface area contributed by atoms with Crippen LogP contribution in [0.4, 0.5) is 52.7 Å². The molecule has 0 unspecified atom stereocenters. The van der Waals surface area contributed by atoms with Crippen molar-refractivity contribution in [2.75, 3.05) is 13.2 Å². The summed E-state index contributed by atoms with van der Waals surface area (Å²) in [6, 6.07) is 0. The Bertz CT molecular complexity index is 761. The first-order chi connectivity index (χ1) is 24.7. The van der Waals surface area contributed by atoms with Crippen LogP contribution in [0.2, 0.25) is 17.7 Å². The molecule has 0 spiro atoms. The first kappa shape index (κ1) is 53.6. The molecule has 0 rings (SSSR count). The van der Waals surface area contributed by atoms with Crippen molar-refractivity contribution in [1.29, 1.82) is 0 Å². The first-order valence-corrected chi connectivity index (χ1v) is 32.6. The van der Waals surface area contributed by atoms with Gasteiger partial charge in [-0.1, -0.05) is 0 Å². The zero-order chi connectivity index (χ0) is 40.3. The standard InChI is InChI=1S/2C10H21O.4C4H6F3.O.2Sn/c2*1-2-3-4-5-6-7-8-9-10-11;4*1-2-3-4(5,6)7;;;/h2*2-10H2,1H3;4*1-3H2;;;/q2*-1;;;;;;2*+1. The van der Waals surface area contributed by atoms with Crippen molar-refractivity contribution in [1.82, 2.24) is 0 Å². The molecule has 53 heavy (non-hydrogen) atoms. The molecular weight excluding hydrogens is 946 g/mol. The molecule has 0 atom stereocenters. The van der Waals surface area contributed by atoms with Gasteiger partial charge in [0.2, 0.25) is 0 Å². The summed E-state index contributed by atoms with van der Waals surface area (Å²) in [6.45, 7) is 4.17. The van der Waals surface area contributed by atoms with E-state index >= 15 is 0 Å². The van der Waals surface area contributed by atoms with Gasteiger partial charge >= 0.3 is 322 Å². The molecule has 17 heteroatoms. The van der Waals surface area contributed by atoms with Crippen LogP contribution in [0.25, 0.3) is 0 Å². The van der Waals surface area contributed by atoms with Gasteiger partial charge in [0.15, 0.2) is 0 Å². The van der Waals surface area contributed by atoms with Crippen molar-refractivity contribution < 1.29 is 60.2 Å². The Morgan fingerprint density at radius 1 is 0.321 bits per heavy atom. The molecular formula is C36H66F12O3Sn2. The SMILES string of the molecule is CCCCCCCCCC[O][Sn]([CH2]CCC(F)(F)F)([CH2]CCC(F)(F)F)[O][Sn]([CH2]CCC(F)(F)F)([CH2]CCC(F)(F)F)[O]CCCCCCCCCC. The fourth-order valence-corrected chi connectivity index (χ4v) is 47.0. The van der Waals surface area contributed by atoms with Gasteiger partial charge in [0.05, 0.1) is 0 Å². The third-order valence-electron chi connectivity index (χ3n) is 9.17. The molecule has 3 nitrogen and oxygen atoms in total. The fourth-order valence-electron chi connectivity index (χ4n) is 6.36. The summed E-state index contributed by atoms with van der Waals surface area (Å²) in [4.78, 5) is 0. The average molecular weight is 1010 g/mol.